The number of benzene rings is 1. The minimum absolute atomic E-state index is 0.0448. The predicted molar refractivity (Wildman–Crippen MR) is 130 cm³/mol. The fraction of sp³-hybridized carbons (Fsp3) is 0.500. The molecular weight excluding hydrogens is 452 g/mol. The number of carbonyl (C=O) groups is 1. The summed E-state index contributed by atoms with van der Waals surface area (Å²) in [4.78, 5) is 29.0. The normalized spacial score (nSPS) is 21.7. The molecule has 3 aliphatic heterocycles. The summed E-state index contributed by atoms with van der Waals surface area (Å²) in [7, 11) is -3.71. The first-order valence-electron chi connectivity index (χ1n) is 11.8. The van der Waals surface area contributed by atoms with E-state index in [1.165, 1.54) is 0 Å². The number of piperazine rings is 1. The zero-order valence-electron chi connectivity index (χ0n) is 19.8. The van der Waals surface area contributed by atoms with Gasteiger partial charge in [0.2, 0.25) is 5.91 Å². The number of nitrogens with zero attached hydrogens (tertiary/aromatic N) is 6. The third-order valence-corrected chi connectivity index (χ3v) is 8.04. The highest BCUT2D eigenvalue weighted by molar-refractivity contribution is 7.90. The third kappa shape index (κ3) is 4.04. The summed E-state index contributed by atoms with van der Waals surface area (Å²) in [6.45, 7) is 9.37. The highest BCUT2D eigenvalue weighted by atomic mass is 32.2. The zero-order valence-corrected chi connectivity index (χ0v) is 20.6. The number of amides is 1. The minimum atomic E-state index is -3.71. The number of carbonyl (C=O) groups excluding carboxylic acids is 1. The first kappa shape index (κ1) is 22.8. The topological polar surface area (TPSA) is 99.1 Å². The second-order valence-corrected chi connectivity index (χ2v) is 11.0. The van der Waals surface area contributed by atoms with Gasteiger partial charge in [-0.1, -0.05) is 26.0 Å². The van der Waals surface area contributed by atoms with Crippen LogP contribution in [0.3, 0.4) is 0 Å². The first-order chi connectivity index (χ1) is 16.2. The van der Waals surface area contributed by atoms with E-state index < -0.39 is 10.0 Å². The molecule has 5 rings (SSSR count). The molecule has 10 heteroatoms. The van der Waals surface area contributed by atoms with Gasteiger partial charge in [-0.05, 0) is 31.9 Å². The van der Waals surface area contributed by atoms with Crippen molar-refractivity contribution in [3.8, 4) is 0 Å². The van der Waals surface area contributed by atoms with Crippen LogP contribution >= 0.6 is 0 Å². The maximum Gasteiger partial charge on any atom is 0.285 e. The van der Waals surface area contributed by atoms with E-state index in [0.29, 0.717) is 50.5 Å². The third-order valence-electron chi connectivity index (χ3n) is 6.71. The molecule has 0 unspecified atom stereocenters. The molecule has 2 saturated heterocycles. The molecule has 4 heterocycles. The molecule has 1 aromatic heterocycles. The van der Waals surface area contributed by atoms with Crippen molar-refractivity contribution in [3.05, 3.63) is 47.4 Å². The fourth-order valence-electron chi connectivity index (χ4n) is 4.93. The van der Waals surface area contributed by atoms with Gasteiger partial charge in [0.25, 0.3) is 10.0 Å². The second kappa shape index (κ2) is 8.65. The molecule has 2 aromatic rings. The summed E-state index contributed by atoms with van der Waals surface area (Å²) in [6.07, 6.45) is 1.53. The van der Waals surface area contributed by atoms with Crippen LogP contribution in [0, 0.1) is 6.92 Å². The molecule has 1 atom stereocenters. The number of anilines is 1. The number of hydrogen-bond donors (Lipinski definition) is 0. The van der Waals surface area contributed by atoms with Crippen LogP contribution in [0.1, 0.15) is 49.7 Å². The Hall–Kier alpha value is -3.01. The number of aromatic nitrogens is 2. The molecule has 3 aliphatic rings. The average molecular weight is 483 g/mol. The Labute approximate surface area is 200 Å². The average Bonchev–Trinajstić information content (AvgIpc) is 3.41. The Balaban J connectivity index is 1.30. The van der Waals surface area contributed by atoms with E-state index in [9.17, 15) is 13.2 Å². The summed E-state index contributed by atoms with van der Waals surface area (Å²) < 4.78 is 29.1. The maximum atomic E-state index is 13.5. The molecule has 0 saturated carbocycles. The van der Waals surface area contributed by atoms with Crippen LogP contribution in [-0.2, 0) is 14.8 Å². The Morgan fingerprint density at radius 1 is 1.06 bits per heavy atom. The van der Waals surface area contributed by atoms with E-state index in [4.69, 9.17) is 4.98 Å². The van der Waals surface area contributed by atoms with Crippen LogP contribution in [0.4, 0.5) is 5.82 Å². The molecule has 1 amide bonds. The van der Waals surface area contributed by atoms with E-state index in [1.807, 2.05) is 22.8 Å². The van der Waals surface area contributed by atoms with Crippen molar-refractivity contribution in [1.29, 1.82) is 0 Å². The highest BCUT2D eigenvalue weighted by Gasteiger charge is 2.41. The molecule has 0 radical (unpaired) electrons. The Morgan fingerprint density at radius 2 is 1.79 bits per heavy atom. The number of rotatable bonds is 3. The van der Waals surface area contributed by atoms with E-state index in [0.717, 1.165) is 23.8 Å². The van der Waals surface area contributed by atoms with Crippen LogP contribution in [0.2, 0.25) is 0 Å². The first-order valence-corrected chi connectivity index (χ1v) is 13.3. The number of likely N-dealkylation sites (tertiary alicyclic amines) is 1. The van der Waals surface area contributed by atoms with Crippen molar-refractivity contribution in [2.45, 2.75) is 50.5 Å². The maximum absolute atomic E-state index is 13.5. The standard InChI is InChI=1S/C24H30N6O3S/c1-16(2)22-25-17(3)15-21(26-22)28-11-13-29(14-12-28)24(31)19-8-6-10-30(19)23-18-7-4-5-9-20(18)34(32,33)27-23/h4-5,7,9,15-16,19H,6,8,10-14H2,1-3H3/t19-/m1/s1. The zero-order chi connectivity index (χ0) is 24.0. The van der Waals surface area contributed by atoms with Crippen LogP contribution in [0.15, 0.2) is 39.6 Å². The van der Waals surface area contributed by atoms with Gasteiger partial charge in [-0.25, -0.2) is 9.97 Å². The van der Waals surface area contributed by atoms with Crippen molar-refractivity contribution in [1.82, 2.24) is 19.8 Å². The highest BCUT2D eigenvalue weighted by Crippen LogP contribution is 2.32. The summed E-state index contributed by atoms with van der Waals surface area (Å²) in [6, 6.07) is 8.46. The number of amidine groups is 1. The smallest absolute Gasteiger partial charge is 0.285 e. The molecule has 0 N–H and O–H groups in total. The van der Waals surface area contributed by atoms with Gasteiger partial charge in [-0.3, -0.25) is 4.79 Å². The number of sulfonamides is 1. The predicted octanol–water partition coefficient (Wildman–Crippen LogP) is 2.17. The van der Waals surface area contributed by atoms with Crippen LogP contribution in [0.5, 0.6) is 0 Å². The largest absolute Gasteiger partial charge is 0.353 e. The van der Waals surface area contributed by atoms with Crippen molar-refractivity contribution in [2.24, 2.45) is 4.40 Å². The Kier molecular flexibility index (Phi) is 5.79. The SMILES string of the molecule is Cc1cc(N2CCN(C(=O)[C@H]3CCCN3C3=NS(=O)(=O)c4ccccc43)CC2)nc(C(C)C)n1. The van der Waals surface area contributed by atoms with Crippen molar-refractivity contribution in [3.63, 3.8) is 0 Å². The van der Waals surface area contributed by atoms with Gasteiger partial charge >= 0.3 is 0 Å². The minimum Gasteiger partial charge on any atom is -0.353 e. The van der Waals surface area contributed by atoms with Crippen molar-refractivity contribution in [2.75, 3.05) is 37.6 Å². The van der Waals surface area contributed by atoms with E-state index in [1.54, 1.807) is 24.3 Å². The molecule has 9 nitrogen and oxygen atoms in total. The molecule has 2 fully saturated rings. The Bertz CT molecular complexity index is 1250. The molecule has 0 bridgehead atoms. The van der Waals surface area contributed by atoms with Crippen LogP contribution < -0.4 is 4.90 Å². The molecular formula is C24H30N6O3S. The van der Waals surface area contributed by atoms with Gasteiger partial charge in [0, 0.05) is 56.0 Å². The van der Waals surface area contributed by atoms with E-state index in [-0.39, 0.29) is 22.8 Å². The van der Waals surface area contributed by atoms with Gasteiger partial charge in [-0.2, -0.15) is 8.42 Å². The monoisotopic (exact) mass is 482 g/mol. The molecule has 0 aliphatic carbocycles. The lowest BCUT2D eigenvalue weighted by atomic mass is 10.1. The quantitative estimate of drug-likeness (QED) is 0.661. The lowest BCUT2D eigenvalue weighted by Crippen LogP contribution is -2.54. The van der Waals surface area contributed by atoms with E-state index >= 15 is 0 Å². The summed E-state index contributed by atoms with van der Waals surface area (Å²) in [5.74, 6) is 2.45. The summed E-state index contributed by atoms with van der Waals surface area (Å²) in [5, 5.41) is 0. The Morgan fingerprint density at radius 3 is 2.53 bits per heavy atom. The van der Waals surface area contributed by atoms with Gasteiger partial charge in [0.15, 0.2) is 5.84 Å². The number of aryl methyl sites for hydroxylation is 1. The number of fused-ring (bicyclic) bond motifs is 1. The molecule has 0 spiro atoms. The lowest BCUT2D eigenvalue weighted by molar-refractivity contribution is -0.135. The lowest BCUT2D eigenvalue weighted by Gasteiger charge is -2.38. The van der Waals surface area contributed by atoms with Gasteiger partial charge in [-0.15, -0.1) is 4.40 Å². The summed E-state index contributed by atoms with van der Waals surface area (Å²) in [5.41, 5.74) is 1.54. The van der Waals surface area contributed by atoms with Crippen LogP contribution in [-0.4, -0.2) is 78.7 Å². The van der Waals surface area contributed by atoms with Gasteiger partial charge in [0.1, 0.15) is 22.6 Å². The number of hydrogen-bond acceptors (Lipinski definition) is 7. The van der Waals surface area contributed by atoms with Crippen molar-refractivity contribution >= 4 is 27.6 Å². The molecule has 1 aromatic carbocycles. The van der Waals surface area contributed by atoms with Crippen molar-refractivity contribution < 1.29 is 13.2 Å². The van der Waals surface area contributed by atoms with Gasteiger partial charge in [0.05, 0.1) is 0 Å². The second-order valence-electron chi connectivity index (χ2n) is 9.43. The fourth-order valence-corrected chi connectivity index (χ4v) is 6.15. The summed E-state index contributed by atoms with van der Waals surface area (Å²) >= 11 is 0. The van der Waals surface area contributed by atoms with E-state index in [2.05, 4.69) is 28.1 Å². The molecule has 180 valence electrons. The van der Waals surface area contributed by atoms with Gasteiger partial charge < -0.3 is 14.7 Å². The van der Waals surface area contributed by atoms with Crippen LogP contribution in [0.25, 0.3) is 0 Å². The molecule has 34 heavy (non-hydrogen) atoms.